The number of fused-ring (bicyclic) bond motifs is 1. The van der Waals surface area contributed by atoms with Crippen molar-refractivity contribution in [2.75, 3.05) is 36.4 Å². The van der Waals surface area contributed by atoms with Gasteiger partial charge in [0.1, 0.15) is 0 Å². The van der Waals surface area contributed by atoms with Gasteiger partial charge in [-0.2, -0.15) is 0 Å². The molecule has 1 aliphatic rings. The van der Waals surface area contributed by atoms with E-state index in [2.05, 4.69) is 63.0 Å². The first-order valence-corrected chi connectivity index (χ1v) is 12.2. The summed E-state index contributed by atoms with van der Waals surface area (Å²) in [6.45, 7) is 10.0. The summed E-state index contributed by atoms with van der Waals surface area (Å²) in [7, 11) is 0. The van der Waals surface area contributed by atoms with Crippen molar-refractivity contribution in [2.45, 2.75) is 33.7 Å². The Hall–Kier alpha value is -3.94. The van der Waals surface area contributed by atoms with E-state index in [9.17, 15) is 4.79 Å². The molecule has 1 aromatic carbocycles. The third kappa shape index (κ3) is 4.69. The second kappa shape index (κ2) is 9.74. The molecule has 3 aromatic heterocycles. The summed E-state index contributed by atoms with van der Waals surface area (Å²) in [5.74, 6) is 0.686. The average Bonchev–Trinajstić information content (AvgIpc) is 3.24. The van der Waals surface area contributed by atoms with E-state index in [0.717, 1.165) is 72.8 Å². The number of pyridine rings is 1. The fourth-order valence-electron chi connectivity index (χ4n) is 4.75. The molecule has 8 heteroatoms. The van der Waals surface area contributed by atoms with Gasteiger partial charge in [0.15, 0.2) is 0 Å². The second-order valence-electron chi connectivity index (χ2n) is 9.00. The molecule has 35 heavy (non-hydrogen) atoms. The molecule has 5 rings (SSSR count). The smallest absolute Gasteiger partial charge is 0.227 e. The lowest BCUT2D eigenvalue weighted by molar-refractivity contribution is -0.129. The Bertz CT molecular complexity index is 1350. The maximum atomic E-state index is 11.6. The van der Waals surface area contributed by atoms with Crippen molar-refractivity contribution in [3.05, 3.63) is 60.6 Å². The molecular weight excluding hydrogens is 438 g/mol. The molecule has 0 unspecified atom stereocenters. The molecule has 4 heterocycles. The van der Waals surface area contributed by atoms with E-state index in [1.165, 1.54) is 5.56 Å². The minimum absolute atomic E-state index is 0.139. The van der Waals surface area contributed by atoms with Gasteiger partial charge in [-0.05, 0) is 49.2 Å². The van der Waals surface area contributed by atoms with E-state index < -0.39 is 0 Å². The molecule has 8 nitrogen and oxygen atoms in total. The molecule has 0 atom stereocenters. The molecule has 1 amide bonds. The molecule has 0 aliphatic carbocycles. The highest BCUT2D eigenvalue weighted by molar-refractivity contribution is 5.93. The number of benzene rings is 1. The molecular formula is C27H31N7O. The highest BCUT2D eigenvalue weighted by Gasteiger charge is 2.19. The quantitative estimate of drug-likeness (QED) is 0.444. The third-order valence-electron chi connectivity index (χ3n) is 6.54. The molecule has 1 fully saturated rings. The lowest BCUT2D eigenvalue weighted by atomic mass is 10.1. The third-order valence-corrected chi connectivity index (χ3v) is 6.54. The van der Waals surface area contributed by atoms with Gasteiger partial charge in [-0.15, -0.1) is 0 Å². The SMILES string of the molecule is CCCn1cc(-c2ccnc(Nc3cccc(N4CCN(C(C)=O)CC4)c3)n2)c2nccc(C)c21. The van der Waals surface area contributed by atoms with Crippen LogP contribution in [0.2, 0.25) is 0 Å². The van der Waals surface area contributed by atoms with Crippen LogP contribution in [-0.2, 0) is 11.3 Å². The molecule has 1 saturated heterocycles. The molecule has 180 valence electrons. The standard InChI is InChI=1S/C27H31N7O/c1-4-12-34-18-23(25-26(34)19(2)8-10-28-25)24-9-11-29-27(31-24)30-21-6-5-7-22(17-21)33-15-13-32(14-16-33)20(3)35/h5-11,17-18H,4,12-16H2,1-3H3,(H,29,30,31). The fraction of sp³-hybridized carbons (Fsp3) is 0.333. The van der Waals surface area contributed by atoms with Gasteiger partial charge in [-0.3, -0.25) is 9.78 Å². The van der Waals surface area contributed by atoms with Crippen molar-refractivity contribution in [2.24, 2.45) is 0 Å². The molecule has 0 radical (unpaired) electrons. The first-order chi connectivity index (χ1) is 17.0. The molecule has 1 N–H and O–H groups in total. The van der Waals surface area contributed by atoms with E-state index in [1.807, 2.05) is 29.3 Å². The summed E-state index contributed by atoms with van der Waals surface area (Å²) in [5, 5.41) is 3.37. The summed E-state index contributed by atoms with van der Waals surface area (Å²) in [6, 6.07) is 12.2. The van der Waals surface area contributed by atoms with E-state index in [4.69, 9.17) is 4.98 Å². The van der Waals surface area contributed by atoms with Crippen LogP contribution in [0.25, 0.3) is 22.3 Å². The van der Waals surface area contributed by atoms with Crippen LogP contribution in [0.5, 0.6) is 0 Å². The monoisotopic (exact) mass is 469 g/mol. The highest BCUT2D eigenvalue weighted by atomic mass is 16.2. The summed E-state index contributed by atoms with van der Waals surface area (Å²) in [5.41, 5.74) is 7.25. The first-order valence-electron chi connectivity index (χ1n) is 12.2. The van der Waals surface area contributed by atoms with Gasteiger partial charge in [0.2, 0.25) is 11.9 Å². The van der Waals surface area contributed by atoms with Gasteiger partial charge in [0, 0.05) is 75.2 Å². The normalized spacial score (nSPS) is 13.9. The van der Waals surface area contributed by atoms with Gasteiger partial charge in [0.25, 0.3) is 0 Å². The zero-order valence-electron chi connectivity index (χ0n) is 20.5. The number of aromatic nitrogens is 4. The zero-order chi connectivity index (χ0) is 24.4. The number of rotatable bonds is 6. The fourth-order valence-corrected chi connectivity index (χ4v) is 4.75. The van der Waals surface area contributed by atoms with E-state index in [0.29, 0.717) is 5.95 Å². The number of carbonyl (C=O) groups excluding carboxylic acids is 1. The number of hydrogen-bond acceptors (Lipinski definition) is 6. The minimum Gasteiger partial charge on any atom is -0.368 e. The lowest BCUT2D eigenvalue weighted by Gasteiger charge is -2.35. The van der Waals surface area contributed by atoms with Crippen LogP contribution in [0, 0.1) is 6.92 Å². The Balaban J connectivity index is 1.39. The van der Waals surface area contributed by atoms with Crippen LogP contribution < -0.4 is 10.2 Å². The van der Waals surface area contributed by atoms with Crippen molar-refractivity contribution in [1.29, 1.82) is 0 Å². The number of nitrogens with one attached hydrogen (secondary N) is 1. The predicted octanol–water partition coefficient (Wildman–Crippen LogP) is 4.62. The Labute approximate surface area is 205 Å². The second-order valence-corrected chi connectivity index (χ2v) is 9.00. The molecule has 0 saturated carbocycles. The number of carbonyl (C=O) groups is 1. The lowest BCUT2D eigenvalue weighted by Crippen LogP contribution is -2.48. The average molecular weight is 470 g/mol. The predicted molar refractivity (Wildman–Crippen MR) is 140 cm³/mol. The molecule has 4 aromatic rings. The van der Waals surface area contributed by atoms with Crippen LogP contribution in [0.15, 0.2) is 55.0 Å². The summed E-state index contributed by atoms with van der Waals surface area (Å²) in [6.07, 6.45) is 6.85. The van der Waals surface area contributed by atoms with Gasteiger partial charge in [-0.1, -0.05) is 13.0 Å². The summed E-state index contributed by atoms with van der Waals surface area (Å²) in [4.78, 5) is 29.8. The number of anilines is 3. The van der Waals surface area contributed by atoms with Crippen LogP contribution in [-0.4, -0.2) is 56.5 Å². The maximum Gasteiger partial charge on any atom is 0.227 e. The van der Waals surface area contributed by atoms with Gasteiger partial charge in [0.05, 0.1) is 16.7 Å². The van der Waals surface area contributed by atoms with Gasteiger partial charge >= 0.3 is 0 Å². The van der Waals surface area contributed by atoms with Crippen LogP contribution >= 0.6 is 0 Å². The van der Waals surface area contributed by atoms with E-state index in [-0.39, 0.29) is 5.91 Å². The van der Waals surface area contributed by atoms with Crippen molar-refractivity contribution in [3.63, 3.8) is 0 Å². The highest BCUT2D eigenvalue weighted by Crippen LogP contribution is 2.31. The van der Waals surface area contributed by atoms with E-state index >= 15 is 0 Å². The van der Waals surface area contributed by atoms with Crippen LogP contribution in [0.3, 0.4) is 0 Å². The summed E-state index contributed by atoms with van der Waals surface area (Å²) < 4.78 is 2.28. The molecule has 1 aliphatic heterocycles. The summed E-state index contributed by atoms with van der Waals surface area (Å²) >= 11 is 0. The maximum absolute atomic E-state index is 11.6. The Kier molecular flexibility index (Phi) is 6.35. The van der Waals surface area contributed by atoms with Gasteiger partial charge in [-0.25, -0.2) is 9.97 Å². The Morgan fingerprint density at radius 3 is 2.63 bits per heavy atom. The van der Waals surface area contributed by atoms with Crippen LogP contribution in [0.4, 0.5) is 17.3 Å². The number of hydrogen-bond donors (Lipinski definition) is 1. The molecule has 0 bridgehead atoms. The zero-order valence-corrected chi connectivity index (χ0v) is 20.5. The number of aryl methyl sites for hydroxylation is 2. The Morgan fingerprint density at radius 2 is 1.86 bits per heavy atom. The topological polar surface area (TPSA) is 79.2 Å². The minimum atomic E-state index is 0.139. The number of amides is 1. The van der Waals surface area contributed by atoms with E-state index in [1.54, 1.807) is 13.1 Å². The van der Waals surface area contributed by atoms with Crippen molar-refractivity contribution in [3.8, 4) is 11.3 Å². The van der Waals surface area contributed by atoms with Crippen molar-refractivity contribution >= 4 is 34.3 Å². The van der Waals surface area contributed by atoms with Crippen molar-refractivity contribution in [1.82, 2.24) is 24.4 Å². The largest absolute Gasteiger partial charge is 0.368 e. The number of nitrogens with zero attached hydrogens (tertiary/aromatic N) is 6. The first kappa shape index (κ1) is 22.8. The molecule has 0 spiro atoms. The van der Waals surface area contributed by atoms with Crippen molar-refractivity contribution < 1.29 is 4.79 Å². The van der Waals surface area contributed by atoms with Gasteiger partial charge < -0.3 is 19.7 Å². The van der Waals surface area contributed by atoms with Crippen LogP contribution in [0.1, 0.15) is 25.8 Å². The Morgan fingerprint density at radius 1 is 1.06 bits per heavy atom. The number of piperazine rings is 1.